The molecule has 0 saturated carbocycles. The van der Waals surface area contributed by atoms with Crippen molar-refractivity contribution in [2.45, 2.75) is 0 Å². The minimum Gasteiger partial charge on any atom is -0.395 e. The normalized spacial score (nSPS) is 10.2. The molecule has 0 unspecified atom stereocenters. The Morgan fingerprint density at radius 1 is 1.50 bits per heavy atom. The number of rotatable bonds is 5. The van der Waals surface area contributed by atoms with Crippen molar-refractivity contribution in [1.29, 1.82) is 0 Å². The molecule has 0 heterocycles. The summed E-state index contributed by atoms with van der Waals surface area (Å²) in [5, 5.41) is 9.80. The lowest BCUT2D eigenvalue weighted by Gasteiger charge is -2.21. The number of nitrogens with zero attached hydrogens (tertiary/aromatic N) is 1. The Morgan fingerprint density at radius 2 is 2.17 bits per heavy atom. The molecule has 1 aromatic rings. The Labute approximate surface area is 130 Å². The number of hydrogen-bond donors (Lipinski definition) is 1. The largest absolute Gasteiger partial charge is 0.395 e. The van der Waals surface area contributed by atoms with Gasteiger partial charge in [-0.1, -0.05) is 29.3 Å². The van der Waals surface area contributed by atoms with Gasteiger partial charge >= 0.3 is 0 Å². The molecule has 3 nitrogen and oxygen atoms in total. The standard InChI is InChI=1S/C12H12Cl2INO2/c1-2-3-16(4-5-17)12(18)9-6-8(13)7-10(14)11(9)15/h2,6-7,17H,1,3-5H2. The van der Waals surface area contributed by atoms with Crippen LogP contribution in [-0.4, -0.2) is 35.6 Å². The number of hydrogen-bond acceptors (Lipinski definition) is 2. The van der Waals surface area contributed by atoms with Crippen molar-refractivity contribution in [3.05, 3.63) is 44.0 Å². The SMILES string of the molecule is C=CCN(CCO)C(=O)c1cc(Cl)cc(Cl)c1I. The highest BCUT2D eigenvalue weighted by molar-refractivity contribution is 14.1. The van der Waals surface area contributed by atoms with Gasteiger partial charge < -0.3 is 10.0 Å². The van der Waals surface area contributed by atoms with Crippen LogP contribution in [0.2, 0.25) is 10.0 Å². The highest BCUT2D eigenvalue weighted by Gasteiger charge is 2.19. The third kappa shape index (κ3) is 3.85. The molecule has 0 aliphatic carbocycles. The Morgan fingerprint density at radius 3 is 2.72 bits per heavy atom. The third-order valence-corrected chi connectivity index (χ3v) is 4.23. The molecule has 1 rings (SSSR count). The van der Waals surface area contributed by atoms with E-state index in [4.69, 9.17) is 28.3 Å². The van der Waals surface area contributed by atoms with E-state index < -0.39 is 0 Å². The molecular formula is C12H12Cl2INO2. The smallest absolute Gasteiger partial charge is 0.255 e. The molecule has 1 N–H and O–H groups in total. The molecule has 1 aromatic carbocycles. The van der Waals surface area contributed by atoms with E-state index >= 15 is 0 Å². The zero-order chi connectivity index (χ0) is 13.7. The fraction of sp³-hybridized carbons (Fsp3) is 0.250. The van der Waals surface area contributed by atoms with Crippen LogP contribution in [0.15, 0.2) is 24.8 Å². The molecule has 0 fully saturated rings. The van der Waals surface area contributed by atoms with Gasteiger partial charge in [-0.25, -0.2) is 0 Å². The summed E-state index contributed by atoms with van der Waals surface area (Å²) in [6.07, 6.45) is 1.60. The molecule has 0 aliphatic rings. The molecule has 1 amide bonds. The first-order valence-corrected chi connectivity index (χ1v) is 7.00. The number of halogens is 3. The first-order chi connectivity index (χ1) is 8.51. The molecule has 98 valence electrons. The van der Waals surface area contributed by atoms with Crippen molar-refractivity contribution in [3.63, 3.8) is 0 Å². The van der Waals surface area contributed by atoms with Crippen LogP contribution in [0.25, 0.3) is 0 Å². The second-order valence-corrected chi connectivity index (χ2v) is 5.43. The van der Waals surface area contributed by atoms with Crippen LogP contribution in [0, 0.1) is 3.57 Å². The van der Waals surface area contributed by atoms with Crippen LogP contribution >= 0.6 is 45.8 Å². The van der Waals surface area contributed by atoms with E-state index in [0.29, 0.717) is 25.7 Å². The van der Waals surface area contributed by atoms with Gasteiger partial charge in [0.25, 0.3) is 5.91 Å². The van der Waals surface area contributed by atoms with Crippen LogP contribution in [-0.2, 0) is 0 Å². The molecule has 0 bridgehead atoms. The minimum atomic E-state index is -0.224. The second-order valence-electron chi connectivity index (χ2n) is 3.51. The summed E-state index contributed by atoms with van der Waals surface area (Å²) >= 11 is 13.9. The van der Waals surface area contributed by atoms with E-state index in [1.807, 2.05) is 22.6 Å². The van der Waals surface area contributed by atoms with Gasteiger partial charge in [0, 0.05) is 21.7 Å². The molecule has 0 saturated heterocycles. The predicted octanol–water partition coefficient (Wildman–Crippen LogP) is 3.22. The van der Waals surface area contributed by atoms with Gasteiger partial charge in [-0.2, -0.15) is 0 Å². The quantitative estimate of drug-likeness (QED) is 0.469. The Hall–Kier alpha value is -0.300. The van der Waals surface area contributed by atoms with E-state index in [9.17, 15) is 4.79 Å². The minimum absolute atomic E-state index is 0.107. The summed E-state index contributed by atoms with van der Waals surface area (Å²) < 4.78 is 0.649. The van der Waals surface area contributed by atoms with E-state index in [-0.39, 0.29) is 19.1 Å². The lowest BCUT2D eigenvalue weighted by Crippen LogP contribution is -2.34. The second kappa shape index (κ2) is 7.33. The molecule has 0 aromatic heterocycles. The van der Waals surface area contributed by atoms with Gasteiger partial charge in [0.2, 0.25) is 0 Å². The first-order valence-electron chi connectivity index (χ1n) is 5.16. The number of benzene rings is 1. The van der Waals surface area contributed by atoms with Crippen molar-refractivity contribution in [3.8, 4) is 0 Å². The number of carbonyl (C=O) groups excluding carboxylic acids is 1. The molecule has 0 radical (unpaired) electrons. The Bertz CT molecular complexity index is 466. The topological polar surface area (TPSA) is 40.5 Å². The number of amides is 1. The van der Waals surface area contributed by atoms with Crippen molar-refractivity contribution >= 4 is 51.7 Å². The summed E-state index contributed by atoms with van der Waals surface area (Å²) in [5.41, 5.74) is 0.434. The average molecular weight is 400 g/mol. The molecule has 0 atom stereocenters. The number of aliphatic hydroxyl groups is 1. The maximum Gasteiger partial charge on any atom is 0.255 e. The van der Waals surface area contributed by atoms with E-state index in [1.165, 1.54) is 4.90 Å². The molecular weight excluding hydrogens is 388 g/mol. The summed E-state index contributed by atoms with van der Waals surface area (Å²) in [6, 6.07) is 3.16. The van der Waals surface area contributed by atoms with Crippen molar-refractivity contribution in [1.82, 2.24) is 4.90 Å². The molecule has 0 spiro atoms. The van der Waals surface area contributed by atoms with Gasteiger partial charge in [-0.05, 0) is 34.7 Å². The maximum atomic E-state index is 12.3. The van der Waals surface area contributed by atoms with Gasteiger partial charge in [-0.3, -0.25) is 4.79 Å². The molecule has 6 heteroatoms. The van der Waals surface area contributed by atoms with E-state index in [1.54, 1.807) is 18.2 Å². The van der Waals surface area contributed by atoms with Crippen molar-refractivity contribution < 1.29 is 9.90 Å². The van der Waals surface area contributed by atoms with E-state index in [0.717, 1.165) is 0 Å². The zero-order valence-corrected chi connectivity index (χ0v) is 13.2. The van der Waals surface area contributed by atoms with Crippen LogP contribution in [0.4, 0.5) is 0 Å². The van der Waals surface area contributed by atoms with Crippen LogP contribution in [0.1, 0.15) is 10.4 Å². The Balaban J connectivity index is 3.11. The van der Waals surface area contributed by atoms with Crippen molar-refractivity contribution in [2.24, 2.45) is 0 Å². The molecule has 0 aliphatic heterocycles. The molecule has 18 heavy (non-hydrogen) atoms. The fourth-order valence-electron chi connectivity index (χ4n) is 1.43. The summed E-state index contributed by atoms with van der Waals surface area (Å²) in [4.78, 5) is 13.8. The Kier molecular flexibility index (Phi) is 6.42. The van der Waals surface area contributed by atoms with Gasteiger partial charge in [0.05, 0.1) is 17.2 Å². The monoisotopic (exact) mass is 399 g/mol. The third-order valence-electron chi connectivity index (χ3n) is 2.23. The van der Waals surface area contributed by atoms with Gasteiger partial charge in [0.15, 0.2) is 0 Å². The summed E-state index contributed by atoms with van der Waals surface area (Å²) in [7, 11) is 0. The highest BCUT2D eigenvalue weighted by atomic mass is 127. The lowest BCUT2D eigenvalue weighted by atomic mass is 10.2. The number of aliphatic hydroxyl groups excluding tert-OH is 1. The predicted molar refractivity (Wildman–Crippen MR) is 82.4 cm³/mol. The maximum absolute atomic E-state index is 12.3. The fourth-order valence-corrected chi connectivity index (χ4v) is 2.47. The summed E-state index contributed by atoms with van der Waals surface area (Å²) in [5.74, 6) is -0.224. The highest BCUT2D eigenvalue weighted by Crippen LogP contribution is 2.27. The first kappa shape index (κ1) is 15.8. The van der Waals surface area contributed by atoms with E-state index in [2.05, 4.69) is 6.58 Å². The average Bonchev–Trinajstić information content (AvgIpc) is 2.32. The van der Waals surface area contributed by atoms with Crippen molar-refractivity contribution in [2.75, 3.05) is 19.7 Å². The zero-order valence-electron chi connectivity index (χ0n) is 9.50. The summed E-state index contributed by atoms with van der Waals surface area (Å²) in [6.45, 7) is 4.08. The van der Waals surface area contributed by atoms with Crippen LogP contribution < -0.4 is 0 Å². The van der Waals surface area contributed by atoms with Gasteiger partial charge in [0.1, 0.15) is 0 Å². The lowest BCUT2D eigenvalue weighted by molar-refractivity contribution is 0.0742. The van der Waals surface area contributed by atoms with Crippen LogP contribution in [0.3, 0.4) is 0 Å². The number of carbonyl (C=O) groups is 1. The van der Waals surface area contributed by atoms with Gasteiger partial charge in [-0.15, -0.1) is 6.58 Å². The van der Waals surface area contributed by atoms with Crippen LogP contribution in [0.5, 0.6) is 0 Å².